The van der Waals surface area contributed by atoms with E-state index in [-0.39, 0.29) is 11.9 Å². The number of H-pyrrole nitrogens is 1. The van der Waals surface area contributed by atoms with Crippen LogP contribution in [0.2, 0.25) is 0 Å². The number of amides is 1. The normalized spacial score (nSPS) is 15.2. The Morgan fingerprint density at radius 1 is 1.30 bits per heavy atom. The van der Waals surface area contributed by atoms with Gasteiger partial charge < -0.3 is 14.6 Å². The van der Waals surface area contributed by atoms with E-state index in [1.807, 2.05) is 12.3 Å². The number of anilines is 1. The van der Waals surface area contributed by atoms with Gasteiger partial charge in [-0.15, -0.1) is 0 Å². The van der Waals surface area contributed by atoms with Crippen molar-refractivity contribution in [2.24, 2.45) is 0 Å². The molecule has 1 aliphatic rings. The van der Waals surface area contributed by atoms with E-state index in [0.717, 1.165) is 41.4 Å². The van der Waals surface area contributed by atoms with Crippen LogP contribution in [0.4, 0.5) is 5.69 Å². The van der Waals surface area contributed by atoms with Crippen molar-refractivity contribution in [3.05, 3.63) is 29.5 Å². The maximum absolute atomic E-state index is 12.3. The fourth-order valence-electron chi connectivity index (χ4n) is 3.17. The topological polar surface area (TPSA) is 62.4 Å². The lowest BCUT2D eigenvalue weighted by molar-refractivity contribution is -0.119. The van der Waals surface area contributed by atoms with E-state index in [1.165, 1.54) is 0 Å². The largest absolute Gasteiger partial charge is 0.462 e. The molecule has 0 radical (unpaired) electrons. The Morgan fingerprint density at radius 3 is 2.83 bits per heavy atom. The van der Waals surface area contributed by atoms with Crippen molar-refractivity contribution in [1.29, 1.82) is 0 Å². The second-order valence-electron chi connectivity index (χ2n) is 5.81. The maximum Gasteiger partial charge on any atom is 0.338 e. The number of hydrogen-bond acceptors (Lipinski definition) is 3. The standard InChI is InChI=1S/C18H22N2O3/c1-3-12-11-19-17-14(12)9-13(18(22)23-4-2)10-15(17)20-8-6-5-7-16(20)21/h9-11,19H,3-8H2,1-2H3. The lowest BCUT2D eigenvalue weighted by Gasteiger charge is -2.27. The molecular weight excluding hydrogens is 292 g/mol. The Kier molecular flexibility index (Phi) is 4.37. The molecule has 2 heterocycles. The van der Waals surface area contributed by atoms with Crippen LogP contribution in [0.5, 0.6) is 0 Å². The number of aromatic amines is 1. The fourth-order valence-corrected chi connectivity index (χ4v) is 3.17. The number of aromatic nitrogens is 1. The number of aryl methyl sites for hydroxylation is 1. The molecule has 1 amide bonds. The number of esters is 1. The highest BCUT2D eigenvalue weighted by atomic mass is 16.5. The monoisotopic (exact) mass is 314 g/mol. The Bertz CT molecular complexity index is 748. The van der Waals surface area contributed by atoms with Gasteiger partial charge in [-0.2, -0.15) is 0 Å². The molecule has 0 atom stereocenters. The highest BCUT2D eigenvalue weighted by molar-refractivity contribution is 6.07. The molecule has 0 saturated carbocycles. The lowest BCUT2D eigenvalue weighted by atomic mass is 10.0. The molecule has 1 aliphatic heterocycles. The molecule has 0 spiro atoms. The minimum atomic E-state index is -0.344. The number of nitrogens with one attached hydrogen (secondary N) is 1. The van der Waals surface area contributed by atoms with Gasteiger partial charge in [0.05, 0.1) is 23.4 Å². The first-order chi connectivity index (χ1) is 11.2. The van der Waals surface area contributed by atoms with Gasteiger partial charge in [-0.1, -0.05) is 6.92 Å². The summed E-state index contributed by atoms with van der Waals surface area (Å²) in [5, 5.41) is 0.992. The summed E-state index contributed by atoms with van der Waals surface area (Å²) >= 11 is 0. The number of ether oxygens (including phenoxy) is 1. The van der Waals surface area contributed by atoms with Gasteiger partial charge >= 0.3 is 5.97 Å². The molecule has 23 heavy (non-hydrogen) atoms. The molecule has 1 aromatic heterocycles. The molecule has 1 N–H and O–H groups in total. The van der Waals surface area contributed by atoms with Gasteiger partial charge in [0.25, 0.3) is 0 Å². The van der Waals surface area contributed by atoms with E-state index in [1.54, 1.807) is 17.9 Å². The average molecular weight is 314 g/mol. The van der Waals surface area contributed by atoms with Crippen molar-refractivity contribution in [3.8, 4) is 0 Å². The number of carbonyl (C=O) groups is 2. The van der Waals surface area contributed by atoms with Crippen LogP contribution in [0.1, 0.15) is 49.0 Å². The van der Waals surface area contributed by atoms with Crippen LogP contribution in [0.25, 0.3) is 10.9 Å². The first-order valence-corrected chi connectivity index (χ1v) is 8.27. The number of carbonyl (C=O) groups excluding carboxylic acids is 2. The van der Waals surface area contributed by atoms with Crippen molar-refractivity contribution >= 4 is 28.5 Å². The smallest absolute Gasteiger partial charge is 0.338 e. The van der Waals surface area contributed by atoms with Gasteiger partial charge in [0, 0.05) is 24.5 Å². The third-order valence-electron chi connectivity index (χ3n) is 4.36. The minimum absolute atomic E-state index is 0.117. The van der Waals surface area contributed by atoms with Crippen LogP contribution in [-0.2, 0) is 16.0 Å². The van der Waals surface area contributed by atoms with Gasteiger partial charge in [0.2, 0.25) is 5.91 Å². The molecule has 0 unspecified atom stereocenters. The molecular formula is C18H22N2O3. The van der Waals surface area contributed by atoms with Crippen molar-refractivity contribution < 1.29 is 14.3 Å². The second-order valence-corrected chi connectivity index (χ2v) is 5.81. The van der Waals surface area contributed by atoms with Crippen LogP contribution < -0.4 is 4.90 Å². The second kappa shape index (κ2) is 6.44. The first kappa shape index (κ1) is 15.6. The molecule has 2 aromatic rings. The molecule has 0 bridgehead atoms. The van der Waals surface area contributed by atoms with Crippen molar-refractivity contribution in [1.82, 2.24) is 4.98 Å². The average Bonchev–Trinajstić information content (AvgIpc) is 2.98. The van der Waals surface area contributed by atoms with E-state index in [9.17, 15) is 9.59 Å². The van der Waals surface area contributed by atoms with E-state index in [4.69, 9.17) is 4.74 Å². The third kappa shape index (κ3) is 2.83. The molecule has 1 saturated heterocycles. The Balaban J connectivity index is 2.16. The Labute approximate surface area is 135 Å². The zero-order valence-electron chi connectivity index (χ0n) is 13.6. The number of fused-ring (bicyclic) bond motifs is 1. The quantitative estimate of drug-likeness (QED) is 0.880. The predicted molar refractivity (Wildman–Crippen MR) is 89.8 cm³/mol. The van der Waals surface area contributed by atoms with E-state index >= 15 is 0 Å². The molecule has 3 rings (SSSR count). The summed E-state index contributed by atoms with van der Waals surface area (Å²) < 4.78 is 5.14. The Morgan fingerprint density at radius 2 is 2.13 bits per heavy atom. The number of rotatable bonds is 4. The van der Waals surface area contributed by atoms with Gasteiger partial charge in [-0.25, -0.2) is 4.79 Å². The molecule has 0 aliphatic carbocycles. The number of nitrogens with zero attached hydrogens (tertiary/aromatic N) is 1. The maximum atomic E-state index is 12.3. The van der Waals surface area contributed by atoms with Crippen molar-refractivity contribution in [2.75, 3.05) is 18.1 Å². The van der Waals surface area contributed by atoms with Crippen molar-refractivity contribution in [2.45, 2.75) is 39.5 Å². The summed E-state index contributed by atoms with van der Waals surface area (Å²) in [6, 6.07) is 3.64. The summed E-state index contributed by atoms with van der Waals surface area (Å²) in [6.45, 7) is 4.90. The summed E-state index contributed by atoms with van der Waals surface area (Å²) in [5.74, 6) is -0.227. The molecule has 122 valence electrons. The van der Waals surface area contributed by atoms with Gasteiger partial charge in [-0.3, -0.25) is 4.79 Å². The van der Waals surface area contributed by atoms with E-state index in [2.05, 4.69) is 11.9 Å². The molecule has 5 heteroatoms. The van der Waals surface area contributed by atoms with Crippen molar-refractivity contribution in [3.63, 3.8) is 0 Å². The predicted octanol–water partition coefficient (Wildman–Crippen LogP) is 3.42. The van der Waals surface area contributed by atoms with E-state index < -0.39 is 0 Å². The van der Waals surface area contributed by atoms with Crippen LogP contribution >= 0.6 is 0 Å². The molecule has 5 nitrogen and oxygen atoms in total. The zero-order valence-corrected chi connectivity index (χ0v) is 13.6. The fraction of sp³-hybridized carbons (Fsp3) is 0.444. The van der Waals surface area contributed by atoms with Gasteiger partial charge in [-0.05, 0) is 43.9 Å². The summed E-state index contributed by atoms with van der Waals surface area (Å²) in [4.78, 5) is 29.6. The van der Waals surface area contributed by atoms with Gasteiger partial charge in [0.1, 0.15) is 0 Å². The lowest BCUT2D eigenvalue weighted by Crippen LogP contribution is -2.35. The Hall–Kier alpha value is -2.30. The summed E-state index contributed by atoms with van der Waals surface area (Å²) in [6.07, 6.45) is 5.29. The molecule has 1 aromatic carbocycles. The highest BCUT2D eigenvalue weighted by Gasteiger charge is 2.24. The van der Waals surface area contributed by atoms with Gasteiger partial charge in [0.15, 0.2) is 0 Å². The first-order valence-electron chi connectivity index (χ1n) is 8.27. The molecule has 1 fully saturated rings. The highest BCUT2D eigenvalue weighted by Crippen LogP contribution is 2.33. The number of piperidine rings is 1. The number of benzene rings is 1. The summed E-state index contributed by atoms with van der Waals surface area (Å²) in [5.41, 5.74) is 3.35. The minimum Gasteiger partial charge on any atom is -0.462 e. The van der Waals surface area contributed by atoms with Crippen LogP contribution in [0.3, 0.4) is 0 Å². The van der Waals surface area contributed by atoms with E-state index in [0.29, 0.717) is 25.1 Å². The number of hydrogen-bond donors (Lipinski definition) is 1. The SMILES string of the molecule is CCOC(=O)c1cc(N2CCCCC2=O)c2[nH]cc(CC)c2c1. The van der Waals surface area contributed by atoms with Crippen LogP contribution in [0.15, 0.2) is 18.3 Å². The zero-order chi connectivity index (χ0) is 16.4. The summed E-state index contributed by atoms with van der Waals surface area (Å²) in [7, 11) is 0. The van der Waals surface area contributed by atoms with Crippen LogP contribution in [-0.4, -0.2) is 30.0 Å². The van der Waals surface area contributed by atoms with Crippen LogP contribution in [0, 0.1) is 0 Å². The third-order valence-corrected chi connectivity index (χ3v) is 4.36.